The van der Waals surface area contributed by atoms with Gasteiger partial charge in [0.2, 0.25) is 0 Å². The second-order valence-electron chi connectivity index (χ2n) is 6.07. The zero-order chi connectivity index (χ0) is 15.6. The van der Waals surface area contributed by atoms with E-state index in [2.05, 4.69) is 15.3 Å². The number of carbonyl (C=O) groups is 1. The maximum Gasteiger partial charge on any atom is 0.274 e. The maximum absolute atomic E-state index is 12.6. The van der Waals surface area contributed by atoms with Gasteiger partial charge in [0.05, 0.1) is 18.0 Å². The molecule has 1 aliphatic rings. The van der Waals surface area contributed by atoms with E-state index >= 15 is 0 Å². The van der Waals surface area contributed by atoms with E-state index in [1.165, 1.54) is 0 Å². The van der Waals surface area contributed by atoms with Gasteiger partial charge < -0.3 is 15.3 Å². The fourth-order valence-corrected chi connectivity index (χ4v) is 2.52. The summed E-state index contributed by atoms with van der Waals surface area (Å²) in [6.07, 6.45) is 3.02. The first-order valence-corrected chi connectivity index (χ1v) is 7.40. The lowest BCUT2D eigenvalue weighted by molar-refractivity contribution is 0.0264. The van der Waals surface area contributed by atoms with Crippen LogP contribution in [0.4, 0.5) is 5.69 Å². The summed E-state index contributed by atoms with van der Waals surface area (Å²) in [5.41, 5.74) is 1.06. The Morgan fingerprint density at radius 2 is 2.19 bits per heavy atom. The van der Waals surface area contributed by atoms with Crippen LogP contribution in [0.25, 0.3) is 0 Å². The molecular weight excluding hydrogens is 268 g/mol. The Morgan fingerprint density at radius 1 is 1.52 bits per heavy atom. The second-order valence-corrected chi connectivity index (χ2v) is 6.07. The monoisotopic (exact) mass is 292 g/mol. The molecule has 0 atom stereocenters. The molecule has 0 aromatic carbocycles. The van der Waals surface area contributed by atoms with E-state index in [-0.39, 0.29) is 17.9 Å². The number of anilines is 1. The van der Waals surface area contributed by atoms with E-state index in [1.54, 1.807) is 25.2 Å². The van der Waals surface area contributed by atoms with Gasteiger partial charge in [-0.1, -0.05) is 13.8 Å². The summed E-state index contributed by atoms with van der Waals surface area (Å²) >= 11 is 0. The predicted octanol–water partition coefficient (Wildman–Crippen LogP) is 1.48. The zero-order valence-corrected chi connectivity index (χ0v) is 13.1. The molecule has 0 bridgehead atoms. The van der Waals surface area contributed by atoms with Gasteiger partial charge in [0, 0.05) is 26.6 Å². The van der Waals surface area contributed by atoms with E-state index in [0.29, 0.717) is 29.7 Å². The Morgan fingerprint density at radius 3 is 2.71 bits per heavy atom. The van der Waals surface area contributed by atoms with E-state index in [1.807, 2.05) is 13.8 Å². The highest BCUT2D eigenvalue weighted by Gasteiger charge is 2.30. The van der Waals surface area contributed by atoms with Crippen LogP contribution in [0.1, 0.15) is 48.9 Å². The highest BCUT2D eigenvalue weighted by atomic mass is 16.3. The number of amides is 1. The fraction of sp³-hybridized carbons (Fsp3) is 0.667. The Balaban J connectivity index is 2.14. The molecule has 1 amide bonds. The molecule has 6 nitrogen and oxygen atoms in total. The number of carbonyl (C=O) groups excluding carboxylic acids is 1. The molecule has 116 valence electrons. The number of nitrogens with zero attached hydrogens (tertiary/aromatic N) is 3. The number of aromatic nitrogens is 2. The molecule has 1 aromatic heterocycles. The van der Waals surface area contributed by atoms with Crippen molar-refractivity contribution in [1.29, 1.82) is 0 Å². The zero-order valence-electron chi connectivity index (χ0n) is 13.1. The lowest BCUT2D eigenvalue weighted by Gasteiger charge is -2.34. The molecule has 0 saturated heterocycles. The van der Waals surface area contributed by atoms with Gasteiger partial charge in [0.1, 0.15) is 5.82 Å². The van der Waals surface area contributed by atoms with Crippen LogP contribution in [0.3, 0.4) is 0 Å². The van der Waals surface area contributed by atoms with Gasteiger partial charge in [0.15, 0.2) is 5.69 Å². The first-order valence-electron chi connectivity index (χ1n) is 7.40. The van der Waals surface area contributed by atoms with Gasteiger partial charge in [0.25, 0.3) is 5.91 Å². The third kappa shape index (κ3) is 3.50. The summed E-state index contributed by atoms with van der Waals surface area (Å²) in [6, 6.07) is 0. The highest BCUT2D eigenvalue weighted by molar-refractivity contribution is 5.97. The predicted molar refractivity (Wildman–Crippen MR) is 81.4 cm³/mol. The van der Waals surface area contributed by atoms with E-state index in [0.717, 1.165) is 12.8 Å². The summed E-state index contributed by atoms with van der Waals surface area (Å²) in [5, 5.41) is 12.3. The first-order chi connectivity index (χ1) is 9.92. The van der Waals surface area contributed by atoms with Crippen molar-refractivity contribution in [1.82, 2.24) is 14.9 Å². The normalized spacial score (nSPS) is 21.0. The van der Waals surface area contributed by atoms with Crippen molar-refractivity contribution in [3.8, 4) is 0 Å². The van der Waals surface area contributed by atoms with Gasteiger partial charge in [-0.15, -0.1) is 0 Å². The fourth-order valence-electron chi connectivity index (χ4n) is 2.52. The number of aliphatic hydroxyl groups is 1. The van der Waals surface area contributed by atoms with Gasteiger partial charge in [-0.05, 0) is 18.8 Å². The standard InChI is InChI=1S/C15H24N4O2/c1-9(2)14-17-7-12(16-3)13(18-14)15(21)19(4)8-10-5-11(20)6-10/h7,9-11,16,20H,5-6,8H2,1-4H3. The van der Waals surface area contributed by atoms with Crippen LogP contribution in [-0.2, 0) is 0 Å². The molecule has 0 unspecified atom stereocenters. The third-order valence-electron chi connectivity index (χ3n) is 3.89. The minimum atomic E-state index is -0.196. The van der Waals surface area contributed by atoms with Crippen molar-refractivity contribution >= 4 is 11.6 Å². The molecule has 2 rings (SSSR count). The van der Waals surface area contributed by atoms with Gasteiger partial charge in [-0.3, -0.25) is 4.79 Å². The maximum atomic E-state index is 12.6. The SMILES string of the molecule is CNc1cnc(C(C)C)nc1C(=O)N(C)CC1CC(O)C1. The molecule has 1 aromatic rings. The summed E-state index contributed by atoms with van der Waals surface area (Å²) in [5.74, 6) is 1.13. The molecule has 1 aliphatic carbocycles. The number of nitrogens with one attached hydrogen (secondary N) is 1. The summed E-state index contributed by atoms with van der Waals surface area (Å²) in [7, 11) is 3.54. The molecule has 0 aliphatic heterocycles. The first kappa shape index (κ1) is 15.7. The lowest BCUT2D eigenvalue weighted by Crippen LogP contribution is -2.40. The second kappa shape index (κ2) is 6.39. The summed E-state index contributed by atoms with van der Waals surface area (Å²) < 4.78 is 0. The summed E-state index contributed by atoms with van der Waals surface area (Å²) in [6.45, 7) is 4.66. The summed E-state index contributed by atoms with van der Waals surface area (Å²) in [4.78, 5) is 23.0. The van der Waals surface area contributed by atoms with Crippen molar-refractivity contribution in [3.63, 3.8) is 0 Å². The van der Waals surface area contributed by atoms with Crippen molar-refractivity contribution in [2.75, 3.05) is 26.0 Å². The van der Waals surface area contributed by atoms with Crippen LogP contribution in [0.5, 0.6) is 0 Å². The Bertz CT molecular complexity index is 512. The van der Waals surface area contributed by atoms with Gasteiger partial charge >= 0.3 is 0 Å². The number of hydrogen-bond acceptors (Lipinski definition) is 5. The molecule has 0 radical (unpaired) electrons. The van der Waals surface area contributed by atoms with Crippen LogP contribution in [0, 0.1) is 5.92 Å². The average molecular weight is 292 g/mol. The Hall–Kier alpha value is -1.69. The number of aliphatic hydroxyl groups excluding tert-OH is 1. The average Bonchev–Trinajstić information content (AvgIpc) is 2.43. The third-order valence-corrected chi connectivity index (χ3v) is 3.89. The van der Waals surface area contributed by atoms with Crippen molar-refractivity contribution in [3.05, 3.63) is 17.7 Å². The number of hydrogen-bond donors (Lipinski definition) is 2. The topological polar surface area (TPSA) is 78.4 Å². The van der Waals surface area contributed by atoms with Crippen molar-refractivity contribution in [2.24, 2.45) is 5.92 Å². The van der Waals surface area contributed by atoms with Crippen LogP contribution in [-0.4, -0.2) is 52.6 Å². The number of rotatable bonds is 5. The van der Waals surface area contributed by atoms with Gasteiger partial charge in [-0.25, -0.2) is 9.97 Å². The van der Waals surface area contributed by atoms with Crippen LogP contribution >= 0.6 is 0 Å². The van der Waals surface area contributed by atoms with Crippen LogP contribution < -0.4 is 5.32 Å². The van der Waals surface area contributed by atoms with E-state index in [4.69, 9.17) is 0 Å². The van der Waals surface area contributed by atoms with Gasteiger partial charge in [-0.2, -0.15) is 0 Å². The molecule has 1 heterocycles. The molecule has 1 fully saturated rings. The molecule has 0 spiro atoms. The molecule has 2 N–H and O–H groups in total. The van der Waals surface area contributed by atoms with Crippen molar-refractivity contribution < 1.29 is 9.90 Å². The molecular formula is C15H24N4O2. The Kier molecular flexibility index (Phi) is 4.77. The molecule has 6 heteroatoms. The lowest BCUT2D eigenvalue weighted by atomic mass is 9.82. The van der Waals surface area contributed by atoms with Crippen LogP contribution in [0.2, 0.25) is 0 Å². The molecule has 21 heavy (non-hydrogen) atoms. The largest absolute Gasteiger partial charge is 0.393 e. The smallest absolute Gasteiger partial charge is 0.274 e. The minimum absolute atomic E-state index is 0.106. The van der Waals surface area contributed by atoms with E-state index in [9.17, 15) is 9.90 Å². The van der Waals surface area contributed by atoms with Crippen molar-refractivity contribution in [2.45, 2.75) is 38.7 Å². The quantitative estimate of drug-likeness (QED) is 0.859. The molecule has 1 saturated carbocycles. The highest BCUT2D eigenvalue weighted by Crippen LogP contribution is 2.28. The Labute approximate surface area is 125 Å². The minimum Gasteiger partial charge on any atom is -0.393 e. The van der Waals surface area contributed by atoms with E-state index < -0.39 is 0 Å². The van der Waals surface area contributed by atoms with Crippen LogP contribution in [0.15, 0.2) is 6.20 Å².